The lowest BCUT2D eigenvalue weighted by Gasteiger charge is -2.43. The highest BCUT2D eigenvalue weighted by Crippen LogP contribution is 2.34. The molecule has 0 unspecified atom stereocenters. The van der Waals surface area contributed by atoms with Crippen LogP contribution in [-0.4, -0.2) is 55.7 Å². The molecule has 1 saturated heterocycles. The van der Waals surface area contributed by atoms with Crippen LogP contribution in [0.1, 0.15) is 26.2 Å². The summed E-state index contributed by atoms with van der Waals surface area (Å²) in [6.45, 7) is 3.90. The number of phenols is 1. The van der Waals surface area contributed by atoms with E-state index in [-0.39, 0.29) is 5.75 Å². The Labute approximate surface area is 173 Å². The maximum Gasteiger partial charge on any atom is 0.245 e. The highest BCUT2D eigenvalue weighted by molar-refractivity contribution is 5.73. The smallest absolute Gasteiger partial charge is 0.245 e. The molecule has 0 spiro atoms. The van der Waals surface area contributed by atoms with Crippen LogP contribution >= 0.6 is 0 Å². The highest BCUT2D eigenvalue weighted by Gasteiger charge is 2.34. The average molecular weight is 409 g/mol. The van der Waals surface area contributed by atoms with E-state index in [4.69, 9.17) is 0 Å². The summed E-state index contributed by atoms with van der Waals surface area (Å²) in [6.07, 6.45) is 6.97. The number of hydrogen-bond donors (Lipinski definition) is 3. The van der Waals surface area contributed by atoms with Crippen molar-refractivity contribution >= 4 is 5.95 Å². The number of aromatic hydroxyl groups is 1. The van der Waals surface area contributed by atoms with Crippen molar-refractivity contribution in [2.45, 2.75) is 38.3 Å². The number of piperazine rings is 1. The zero-order valence-corrected chi connectivity index (χ0v) is 16.7. The van der Waals surface area contributed by atoms with Crippen LogP contribution in [0, 0.1) is 11.9 Å². The molecule has 0 radical (unpaired) electrons. The van der Waals surface area contributed by atoms with Crippen molar-refractivity contribution in [1.29, 1.82) is 0 Å². The predicted molar refractivity (Wildman–Crippen MR) is 110 cm³/mol. The van der Waals surface area contributed by atoms with Crippen LogP contribution in [0.15, 0.2) is 30.6 Å². The Balaban J connectivity index is 1.35. The summed E-state index contributed by atoms with van der Waals surface area (Å²) in [6, 6.07) is 5.71. The van der Waals surface area contributed by atoms with Gasteiger partial charge in [0.15, 0.2) is 0 Å². The summed E-state index contributed by atoms with van der Waals surface area (Å²) < 4.78 is 13.7. The van der Waals surface area contributed by atoms with Crippen molar-refractivity contribution in [3.8, 4) is 28.1 Å². The van der Waals surface area contributed by atoms with Crippen molar-refractivity contribution < 1.29 is 9.50 Å². The van der Waals surface area contributed by atoms with Crippen molar-refractivity contribution in [3.05, 3.63) is 36.5 Å². The second-order valence-corrected chi connectivity index (χ2v) is 8.24. The zero-order valence-electron chi connectivity index (χ0n) is 16.7. The minimum Gasteiger partial charge on any atom is -0.507 e. The molecule has 3 aromatic rings. The number of hydrogen-bond acceptors (Lipinski definition) is 7. The lowest BCUT2D eigenvalue weighted by atomic mass is 9.78. The predicted octanol–water partition coefficient (Wildman–Crippen LogP) is 2.74. The summed E-state index contributed by atoms with van der Waals surface area (Å²) in [4.78, 5) is 6.70. The van der Waals surface area contributed by atoms with Gasteiger partial charge >= 0.3 is 0 Å². The molecule has 30 heavy (non-hydrogen) atoms. The van der Waals surface area contributed by atoms with Crippen LogP contribution in [0.4, 0.5) is 10.3 Å². The number of nitrogens with one attached hydrogen (secondary N) is 2. The summed E-state index contributed by atoms with van der Waals surface area (Å²) in [5, 5.41) is 28.7. The minimum atomic E-state index is -0.613. The van der Waals surface area contributed by atoms with Crippen LogP contribution in [0.25, 0.3) is 22.4 Å². The minimum absolute atomic E-state index is 0.0159. The van der Waals surface area contributed by atoms with Gasteiger partial charge in [-0.1, -0.05) is 12.5 Å². The van der Waals surface area contributed by atoms with Gasteiger partial charge in [0.2, 0.25) is 11.9 Å². The van der Waals surface area contributed by atoms with Gasteiger partial charge in [0, 0.05) is 36.9 Å². The van der Waals surface area contributed by atoms with E-state index >= 15 is 0 Å². The maximum atomic E-state index is 13.7. The quantitative estimate of drug-likeness (QED) is 0.609. The molecule has 0 bridgehead atoms. The SMILES string of the molecule is C[C@@H]1CN(c2ncc(-c3ccc(-c4c[nH]nc4F)cc3O)nn2)C[C@H](C2CCC2)N1. The first kappa shape index (κ1) is 18.9. The van der Waals surface area contributed by atoms with Crippen molar-refractivity contribution in [3.63, 3.8) is 0 Å². The van der Waals surface area contributed by atoms with E-state index in [9.17, 15) is 9.50 Å². The largest absolute Gasteiger partial charge is 0.507 e. The lowest BCUT2D eigenvalue weighted by molar-refractivity contribution is 0.202. The first-order valence-corrected chi connectivity index (χ1v) is 10.3. The number of phenolic OH excluding ortho intramolecular Hbond substituents is 1. The molecule has 3 heterocycles. The Bertz CT molecular complexity index is 1030. The number of halogens is 1. The van der Waals surface area contributed by atoms with E-state index < -0.39 is 5.95 Å². The van der Waals surface area contributed by atoms with E-state index in [0.717, 1.165) is 19.0 Å². The van der Waals surface area contributed by atoms with E-state index in [0.29, 0.717) is 40.4 Å². The molecule has 156 valence electrons. The fourth-order valence-electron chi connectivity index (χ4n) is 4.33. The molecule has 1 saturated carbocycles. The third-order valence-corrected chi connectivity index (χ3v) is 6.14. The molecule has 9 heteroatoms. The van der Waals surface area contributed by atoms with E-state index in [2.05, 4.69) is 42.5 Å². The molecule has 2 fully saturated rings. The molecule has 8 nitrogen and oxygen atoms in total. The Kier molecular flexibility index (Phi) is 4.82. The van der Waals surface area contributed by atoms with Gasteiger partial charge in [-0.15, -0.1) is 15.3 Å². The van der Waals surface area contributed by atoms with Gasteiger partial charge in [0.1, 0.15) is 11.4 Å². The second-order valence-electron chi connectivity index (χ2n) is 8.24. The molecule has 1 aliphatic heterocycles. The lowest BCUT2D eigenvalue weighted by Crippen LogP contribution is -2.59. The molecule has 1 aromatic carbocycles. The number of benzene rings is 1. The molecule has 2 aliphatic rings. The summed E-state index contributed by atoms with van der Waals surface area (Å²) in [5.41, 5.74) is 1.78. The van der Waals surface area contributed by atoms with Crippen LogP contribution in [0.3, 0.4) is 0 Å². The fourth-order valence-corrected chi connectivity index (χ4v) is 4.33. The van der Waals surface area contributed by atoms with E-state index in [1.54, 1.807) is 18.3 Å². The van der Waals surface area contributed by atoms with Crippen molar-refractivity contribution in [2.75, 3.05) is 18.0 Å². The Morgan fingerprint density at radius 3 is 2.67 bits per heavy atom. The van der Waals surface area contributed by atoms with Crippen molar-refractivity contribution in [1.82, 2.24) is 30.7 Å². The van der Waals surface area contributed by atoms with E-state index in [1.165, 1.54) is 31.5 Å². The monoisotopic (exact) mass is 409 g/mol. The van der Waals surface area contributed by atoms with Crippen molar-refractivity contribution in [2.24, 2.45) is 5.92 Å². The van der Waals surface area contributed by atoms with Gasteiger partial charge in [0.05, 0.1) is 11.8 Å². The molecule has 2 atom stereocenters. The first-order valence-electron chi connectivity index (χ1n) is 10.3. The van der Waals surface area contributed by atoms with Crippen LogP contribution < -0.4 is 10.2 Å². The molecule has 1 aliphatic carbocycles. The first-order chi connectivity index (χ1) is 14.6. The van der Waals surface area contributed by atoms with Gasteiger partial charge in [-0.2, -0.15) is 4.39 Å². The summed E-state index contributed by atoms with van der Waals surface area (Å²) in [5.74, 6) is 0.710. The van der Waals surface area contributed by atoms with Crippen LogP contribution in [0.5, 0.6) is 5.75 Å². The molecule has 5 rings (SSSR count). The van der Waals surface area contributed by atoms with Gasteiger partial charge in [-0.25, -0.2) is 4.98 Å². The van der Waals surface area contributed by atoms with E-state index in [1.807, 2.05) is 0 Å². The number of aromatic amines is 1. The Morgan fingerprint density at radius 2 is 2.03 bits per heavy atom. The third-order valence-electron chi connectivity index (χ3n) is 6.14. The van der Waals surface area contributed by atoms with Gasteiger partial charge in [-0.05, 0) is 43.4 Å². The number of H-pyrrole nitrogens is 1. The molecule has 0 amide bonds. The number of aromatic nitrogens is 5. The molecule has 3 N–H and O–H groups in total. The summed E-state index contributed by atoms with van der Waals surface area (Å²) >= 11 is 0. The number of nitrogens with zero attached hydrogens (tertiary/aromatic N) is 5. The standard InChI is InChI=1S/C21H24FN7O/c1-12-10-29(11-18(25-12)13-3-2-4-13)21-23-9-17(26-28-21)15-6-5-14(7-19(15)30)16-8-24-27-20(16)22/h5-9,12-13,18,25,30H,2-4,10-11H2,1H3,(H,24,27)/t12-,18-/m1/s1. The normalized spacial score (nSPS) is 22.1. The van der Waals surface area contributed by atoms with Crippen LogP contribution in [-0.2, 0) is 0 Å². The van der Waals surface area contributed by atoms with Gasteiger partial charge < -0.3 is 15.3 Å². The Hall–Kier alpha value is -3.07. The maximum absolute atomic E-state index is 13.7. The zero-order chi connectivity index (χ0) is 20.7. The molecular formula is C21H24FN7O. The highest BCUT2D eigenvalue weighted by atomic mass is 19.1. The number of anilines is 1. The molecule has 2 aromatic heterocycles. The average Bonchev–Trinajstić information content (AvgIpc) is 3.12. The number of rotatable bonds is 4. The fraction of sp³-hybridized carbons (Fsp3) is 0.429. The third kappa shape index (κ3) is 3.49. The van der Waals surface area contributed by atoms with Gasteiger partial charge in [-0.3, -0.25) is 5.10 Å². The Morgan fingerprint density at radius 1 is 1.17 bits per heavy atom. The topological polar surface area (TPSA) is 103 Å². The van der Waals surface area contributed by atoms with Crippen LogP contribution in [0.2, 0.25) is 0 Å². The summed E-state index contributed by atoms with van der Waals surface area (Å²) in [7, 11) is 0. The molecular weight excluding hydrogens is 385 g/mol. The second kappa shape index (κ2) is 7.64. The van der Waals surface area contributed by atoms with Gasteiger partial charge in [0.25, 0.3) is 0 Å².